The number of hydrogen-bond donors (Lipinski definition) is 0. The van der Waals surface area contributed by atoms with Crippen LogP contribution in [0.4, 0.5) is 8.78 Å². The van der Waals surface area contributed by atoms with Crippen LogP contribution < -0.4 is 4.74 Å². The van der Waals surface area contributed by atoms with Gasteiger partial charge in [0, 0.05) is 49.0 Å². The summed E-state index contributed by atoms with van der Waals surface area (Å²) in [5.41, 5.74) is 5.12. The van der Waals surface area contributed by atoms with Crippen molar-refractivity contribution in [3.05, 3.63) is 100 Å². The van der Waals surface area contributed by atoms with Crippen LogP contribution in [0, 0.1) is 17.6 Å². The SMILES string of the molecule is COc1c(CN2CCC(=O)C(C(c3ccc(F)cc3)c3ccc(F)cc3)C2)cc(C(C)(C)C)cc1C(C)(C)C. The summed E-state index contributed by atoms with van der Waals surface area (Å²) in [7, 11) is 1.73. The van der Waals surface area contributed by atoms with Gasteiger partial charge in [0.1, 0.15) is 23.2 Å². The Bertz CT molecular complexity index is 1260. The number of hydrogen-bond acceptors (Lipinski definition) is 3. The number of ketones is 1. The highest BCUT2D eigenvalue weighted by atomic mass is 19.1. The lowest BCUT2D eigenvalue weighted by atomic mass is 9.76. The highest BCUT2D eigenvalue weighted by Crippen LogP contribution is 2.40. The molecule has 0 bridgehead atoms. The number of halogens is 2. The number of methoxy groups -OCH3 is 1. The van der Waals surface area contributed by atoms with Gasteiger partial charge in [-0.25, -0.2) is 8.78 Å². The number of nitrogens with zero attached hydrogens (tertiary/aromatic N) is 1. The van der Waals surface area contributed by atoms with E-state index in [4.69, 9.17) is 4.74 Å². The van der Waals surface area contributed by atoms with Crippen LogP contribution in [-0.4, -0.2) is 30.9 Å². The van der Waals surface area contributed by atoms with Gasteiger partial charge in [-0.2, -0.15) is 0 Å². The second-order valence-electron chi connectivity index (χ2n) is 12.9. The lowest BCUT2D eigenvalue weighted by Crippen LogP contribution is -2.43. The van der Waals surface area contributed by atoms with Crippen molar-refractivity contribution in [2.24, 2.45) is 5.92 Å². The molecule has 208 valence electrons. The number of ether oxygens (including phenoxy) is 1. The maximum atomic E-state index is 13.8. The summed E-state index contributed by atoms with van der Waals surface area (Å²) in [6.07, 6.45) is 0.428. The van der Waals surface area contributed by atoms with Gasteiger partial charge >= 0.3 is 0 Å². The number of rotatable bonds is 6. The molecule has 1 heterocycles. The van der Waals surface area contributed by atoms with Crippen LogP contribution in [0.2, 0.25) is 0 Å². The molecule has 0 N–H and O–H groups in total. The van der Waals surface area contributed by atoms with E-state index in [1.165, 1.54) is 35.4 Å². The van der Waals surface area contributed by atoms with Crippen LogP contribution in [0.3, 0.4) is 0 Å². The van der Waals surface area contributed by atoms with Crippen molar-refractivity contribution in [1.29, 1.82) is 0 Å². The molecule has 0 spiro atoms. The molecule has 0 saturated carbocycles. The first kappa shape index (κ1) is 28.9. The fourth-order valence-corrected chi connectivity index (χ4v) is 5.64. The summed E-state index contributed by atoms with van der Waals surface area (Å²) >= 11 is 0. The highest BCUT2D eigenvalue weighted by molar-refractivity contribution is 5.84. The molecule has 1 aliphatic rings. The average molecular weight is 534 g/mol. The van der Waals surface area contributed by atoms with Crippen molar-refractivity contribution in [2.75, 3.05) is 20.2 Å². The lowest BCUT2D eigenvalue weighted by Gasteiger charge is -2.37. The quantitative estimate of drug-likeness (QED) is 0.324. The molecule has 3 nitrogen and oxygen atoms in total. The Morgan fingerprint density at radius 1 is 0.872 bits per heavy atom. The standard InChI is InChI=1S/C34H41F2NO2/c1-33(2,3)25-18-24(32(39-7)29(19-25)34(4,5)6)20-37-17-16-30(38)28(21-37)31(22-8-12-26(35)13-9-22)23-10-14-27(36)15-11-23/h8-15,18-19,28,31H,16-17,20-21H2,1-7H3. The zero-order valence-corrected chi connectivity index (χ0v) is 24.3. The fraction of sp³-hybridized carbons (Fsp3) is 0.441. The van der Waals surface area contributed by atoms with Gasteiger partial charge in [0.2, 0.25) is 0 Å². The molecular weight excluding hydrogens is 492 g/mol. The minimum Gasteiger partial charge on any atom is -0.496 e. The van der Waals surface area contributed by atoms with Gasteiger partial charge in [-0.05, 0) is 51.8 Å². The Balaban J connectivity index is 1.72. The van der Waals surface area contributed by atoms with E-state index in [1.807, 2.05) is 0 Å². The molecule has 3 aromatic rings. The largest absolute Gasteiger partial charge is 0.496 e. The third kappa shape index (κ3) is 6.58. The number of Topliss-reactive ketones (excluding diaryl/α,β-unsaturated/α-hetero) is 1. The van der Waals surface area contributed by atoms with Gasteiger partial charge < -0.3 is 4.74 Å². The Morgan fingerprint density at radius 3 is 1.87 bits per heavy atom. The number of benzene rings is 3. The molecule has 3 aromatic carbocycles. The summed E-state index contributed by atoms with van der Waals surface area (Å²) in [4.78, 5) is 15.7. The molecule has 0 radical (unpaired) electrons. The zero-order chi connectivity index (χ0) is 28.5. The monoisotopic (exact) mass is 533 g/mol. The molecule has 1 fully saturated rings. The Hall–Kier alpha value is -3.05. The number of carbonyl (C=O) groups excluding carboxylic acids is 1. The first-order valence-electron chi connectivity index (χ1n) is 13.8. The number of carbonyl (C=O) groups is 1. The van der Waals surface area contributed by atoms with Crippen LogP contribution >= 0.6 is 0 Å². The lowest BCUT2D eigenvalue weighted by molar-refractivity contribution is -0.126. The van der Waals surface area contributed by atoms with Crippen molar-refractivity contribution in [3.63, 3.8) is 0 Å². The van der Waals surface area contributed by atoms with Crippen molar-refractivity contribution in [2.45, 2.75) is 71.3 Å². The van der Waals surface area contributed by atoms with Gasteiger partial charge in [-0.1, -0.05) is 77.9 Å². The van der Waals surface area contributed by atoms with E-state index in [9.17, 15) is 13.6 Å². The van der Waals surface area contributed by atoms with Crippen molar-refractivity contribution in [3.8, 4) is 5.75 Å². The van der Waals surface area contributed by atoms with Crippen molar-refractivity contribution < 1.29 is 18.3 Å². The smallest absolute Gasteiger partial charge is 0.139 e. The summed E-state index contributed by atoms with van der Waals surface area (Å²) < 4.78 is 33.6. The summed E-state index contributed by atoms with van der Waals surface area (Å²) in [5, 5.41) is 0. The number of piperidine rings is 1. The summed E-state index contributed by atoms with van der Waals surface area (Å²) in [6.45, 7) is 15.1. The van der Waals surface area contributed by atoms with E-state index >= 15 is 0 Å². The van der Waals surface area contributed by atoms with Gasteiger partial charge in [0.15, 0.2) is 0 Å². The Kier molecular flexibility index (Phi) is 8.32. The minimum absolute atomic E-state index is 0.0301. The molecule has 0 amide bonds. The van der Waals surface area contributed by atoms with Crippen LogP contribution in [0.5, 0.6) is 5.75 Å². The molecular formula is C34H41F2NO2. The molecule has 0 aliphatic carbocycles. The molecule has 4 rings (SSSR count). The van der Waals surface area contributed by atoms with Crippen molar-refractivity contribution >= 4 is 5.78 Å². The van der Waals surface area contributed by atoms with Crippen LogP contribution in [0.25, 0.3) is 0 Å². The predicted octanol–water partition coefficient (Wildman–Crippen LogP) is 7.79. The summed E-state index contributed by atoms with van der Waals surface area (Å²) in [6, 6.07) is 17.2. The van der Waals surface area contributed by atoms with Gasteiger partial charge in [-0.3, -0.25) is 9.69 Å². The van der Waals surface area contributed by atoms with E-state index in [0.29, 0.717) is 26.1 Å². The topological polar surface area (TPSA) is 29.5 Å². The second-order valence-corrected chi connectivity index (χ2v) is 12.9. The van der Waals surface area contributed by atoms with E-state index in [1.54, 1.807) is 31.4 Å². The average Bonchev–Trinajstić information content (AvgIpc) is 2.86. The zero-order valence-electron chi connectivity index (χ0n) is 24.3. The van der Waals surface area contributed by atoms with E-state index in [0.717, 1.165) is 22.4 Å². The van der Waals surface area contributed by atoms with Crippen molar-refractivity contribution in [1.82, 2.24) is 4.90 Å². The van der Waals surface area contributed by atoms with Crippen LogP contribution in [0.1, 0.15) is 81.7 Å². The normalized spacial score (nSPS) is 17.1. The summed E-state index contributed by atoms with van der Waals surface area (Å²) in [5.74, 6) is -0.210. The highest BCUT2D eigenvalue weighted by Gasteiger charge is 2.36. The van der Waals surface area contributed by atoms with E-state index < -0.39 is 0 Å². The first-order chi connectivity index (χ1) is 18.3. The van der Waals surface area contributed by atoms with Crippen LogP contribution in [-0.2, 0) is 22.2 Å². The van der Waals surface area contributed by atoms with Gasteiger partial charge in [-0.15, -0.1) is 0 Å². The maximum Gasteiger partial charge on any atom is 0.139 e. The maximum absolute atomic E-state index is 13.8. The second kappa shape index (κ2) is 11.2. The van der Waals surface area contributed by atoms with Crippen LogP contribution in [0.15, 0.2) is 60.7 Å². The molecule has 39 heavy (non-hydrogen) atoms. The molecule has 1 aliphatic heterocycles. The van der Waals surface area contributed by atoms with E-state index in [-0.39, 0.29) is 40.1 Å². The molecule has 1 atom stereocenters. The van der Waals surface area contributed by atoms with Gasteiger partial charge in [0.25, 0.3) is 0 Å². The molecule has 1 unspecified atom stereocenters. The van der Waals surface area contributed by atoms with E-state index in [2.05, 4.69) is 58.6 Å². The van der Waals surface area contributed by atoms with Gasteiger partial charge in [0.05, 0.1) is 7.11 Å². The predicted molar refractivity (Wildman–Crippen MR) is 153 cm³/mol. The first-order valence-corrected chi connectivity index (χ1v) is 13.8. The molecule has 5 heteroatoms. The third-order valence-corrected chi connectivity index (χ3v) is 7.84. The fourth-order valence-electron chi connectivity index (χ4n) is 5.64. The number of likely N-dealkylation sites (tertiary alicyclic amines) is 1. The molecule has 1 saturated heterocycles. The minimum atomic E-state index is -0.339. The Morgan fingerprint density at radius 2 is 1.41 bits per heavy atom. The third-order valence-electron chi connectivity index (χ3n) is 7.84. The Labute approximate surface area is 232 Å². The molecule has 0 aromatic heterocycles.